The van der Waals surface area contributed by atoms with E-state index < -0.39 is 5.72 Å². The van der Waals surface area contributed by atoms with Crippen molar-refractivity contribution in [2.45, 2.75) is 31.6 Å². The van der Waals surface area contributed by atoms with Gasteiger partial charge in [0.05, 0.1) is 19.6 Å². The van der Waals surface area contributed by atoms with Crippen LogP contribution in [0.3, 0.4) is 0 Å². The first-order valence-corrected chi connectivity index (χ1v) is 4.35. The van der Waals surface area contributed by atoms with Crippen molar-refractivity contribution in [1.29, 1.82) is 0 Å². The van der Waals surface area contributed by atoms with Crippen LogP contribution in [0, 0.1) is 12.5 Å². The molecule has 0 aromatic heterocycles. The maximum Gasteiger partial charge on any atom is 0.415 e. The Bertz CT molecular complexity index is 247. The fraction of sp³-hybridized carbons (Fsp3) is 0.889. The van der Waals surface area contributed by atoms with Crippen LogP contribution in [-0.4, -0.2) is 24.5 Å². The highest BCUT2D eigenvalue weighted by atomic mass is 16.6. The molecule has 0 aromatic carbocycles. The molecule has 2 fully saturated rings. The third-order valence-corrected chi connectivity index (χ3v) is 3.34. The highest BCUT2D eigenvalue weighted by Crippen LogP contribution is 2.49. The molecule has 0 N–H and O–H groups in total. The molecule has 2 aliphatic heterocycles. The van der Waals surface area contributed by atoms with Crippen LogP contribution in [0.25, 0.3) is 4.85 Å². The van der Waals surface area contributed by atoms with Crippen LogP contribution in [0.5, 0.6) is 0 Å². The number of hydrogen-bond acceptors (Lipinski definition) is 2. The summed E-state index contributed by atoms with van der Waals surface area (Å²) in [5.74, 6) is 0.368. The van der Waals surface area contributed by atoms with Gasteiger partial charge in [-0.15, -0.1) is 0 Å². The van der Waals surface area contributed by atoms with E-state index in [1.165, 1.54) is 0 Å². The summed E-state index contributed by atoms with van der Waals surface area (Å²) in [5.41, 5.74) is -0.867. The molecule has 3 nitrogen and oxygen atoms in total. The Morgan fingerprint density at radius 1 is 1.50 bits per heavy atom. The predicted molar refractivity (Wildman–Crippen MR) is 45.1 cm³/mol. The van der Waals surface area contributed by atoms with Crippen LogP contribution >= 0.6 is 0 Å². The molecule has 2 heterocycles. The maximum absolute atomic E-state index is 5.67. The highest BCUT2D eigenvalue weighted by Gasteiger charge is 2.71. The van der Waals surface area contributed by atoms with Gasteiger partial charge in [0, 0.05) is 5.92 Å². The predicted octanol–water partition coefficient (Wildman–Crippen LogP) is 1.49. The highest BCUT2D eigenvalue weighted by molar-refractivity contribution is 5.15. The van der Waals surface area contributed by atoms with Gasteiger partial charge in [0.15, 0.2) is 5.60 Å². The van der Waals surface area contributed by atoms with Gasteiger partial charge in [0.25, 0.3) is 6.57 Å². The van der Waals surface area contributed by atoms with Gasteiger partial charge in [-0.1, -0.05) is 6.92 Å². The smallest absolute Gasteiger partial charge is 0.363 e. The minimum atomic E-state index is -0.563. The summed E-state index contributed by atoms with van der Waals surface area (Å²) in [6.07, 6.45) is 0.782. The van der Waals surface area contributed by atoms with E-state index in [2.05, 4.69) is 11.8 Å². The van der Waals surface area contributed by atoms with Crippen LogP contribution in [0.4, 0.5) is 0 Å². The zero-order valence-corrected chi connectivity index (χ0v) is 7.54. The topological polar surface area (TPSA) is 22.8 Å². The summed E-state index contributed by atoms with van der Waals surface area (Å²) in [4.78, 5) is 3.86. The Morgan fingerprint density at radius 3 is 2.83 bits per heavy atom. The first-order chi connectivity index (χ1) is 5.65. The van der Waals surface area contributed by atoms with Crippen molar-refractivity contribution < 1.29 is 9.47 Å². The standard InChI is InChI=1S/C9H14NO2/c1-7-6-12-9(10-3)4-5-11-8(7,9)2/h3,7H,4-6H2,1-2H3/q+1/t7-,8-,9-/m1/s1. The third-order valence-electron chi connectivity index (χ3n) is 3.34. The van der Waals surface area contributed by atoms with Gasteiger partial charge >= 0.3 is 5.72 Å². The number of nitrogens with zero attached hydrogens (tertiary/aromatic N) is 1. The second kappa shape index (κ2) is 2.21. The molecule has 3 heteroatoms. The van der Waals surface area contributed by atoms with Crippen LogP contribution in [0.15, 0.2) is 0 Å². The van der Waals surface area contributed by atoms with Crippen LogP contribution in [0.2, 0.25) is 0 Å². The molecule has 0 aromatic rings. The number of fused-ring (bicyclic) bond motifs is 1. The molecule has 0 unspecified atom stereocenters. The van der Waals surface area contributed by atoms with E-state index in [1.807, 2.05) is 6.92 Å². The third kappa shape index (κ3) is 0.675. The Morgan fingerprint density at radius 2 is 2.25 bits per heavy atom. The molecule has 2 saturated heterocycles. The lowest BCUT2D eigenvalue weighted by Gasteiger charge is -2.24. The summed E-state index contributed by atoms with van der Waals surface area (Å²) < 4.78 is 11.3. The second-order valence-corrected chi connectivity index (χ2v) is 3.83. The van der Waals surface area contributed by atoms with E-state index >= 15 is 0 Å². The first-order valence-electron chi connectivity index (χ1n) is 4.35. The molecule has 0 spiro atoms. The van der Waals surface area contributed by atoms with E-state index in [0.29, 0.717) is 19.1 Å². The molecule has 0 saturated carbocycles. The van der Waals surface area contributed by atoms with Gasteiger partial charge in [-0.3, -0.25) is 0 Å². The van der Waals surface area contributed by atoms with Crippen LogP contribution in [-0.2, 0) is 9.47 Å². The Kier molecular flexibility index (Phi) is 1.48. The largest absolute Gasteiger partial charge is 0.415 e. The summed E-state index contributed by atoms with van der Waals surface area (Å²) in [6, 6.07) is 0. The summed E-state index contributed by atoms with van der Waals surface area (Å²) in [6.45, 7) is 10.9. The molecule has 12 heavy (non-hydrogen) atoms. The van der Waals surface area contributed by atoms with Crippen molar-refractivity contribution in [3.05, 3.63) is 4.85 Å². The van der Waals surface area contributed by atoms with Crippen LogP contribution < -0.4 is 0 Å². The Balaban J connectivity index is 2.41. The van der Waals surface area contributed by atoms with E-state index in [0.717, 1.165) is 6.42 Å². The second-order valence-electron chi connectivity index (χ2n) is 3.83. The van der Waals surface area contributed by atoms with Gasteiger partial charge in [0.2, 0.25) is 0 Å². The average Bonchev–Trinajstić information content (AvgIpc) is 2.50. The summed E-state index contributed by atoms with van der Waals surface area (Å²) >= 11 is 0. The molecule has 0 amide bonds. The Hall–Kier alpha value is -0.590. The van der Waals surface area contributed by atoms with Gasteiger partial charge in [-0.25, -0.2) is 0 Å². The number of rotatable bonds is 0. The van der Waals surface area contributed by atoms with Crippen molar-refractivity contribution >= 4 is 0 Å². The zero-order valence-electron chi connectivity index (χ0n) is 7.54. The summed E-state index contributed by atoms with van der Waals surface area (Å²) in [7, 11) is 0. The summed E-state index contributed by atoms with van der Waals surface area (Å²) in [5, 5.41) is 0. The van der Waals surface area contributed by atoms with Crippen molar-refractivity contribution in [3.63, 3.8) is 0 Å². The SMILES string of the molecule is C#[N+][C@@]12CCO[C@]1(C)[C@H](C)CO2. The van der Waals surface area contributed by atoms with E-state index in [9.17, 15) is 0 Å². The maximum atomic E-state index is 5.67. The van der Waals surface area contributed by atoms with Gasteiger partial charge in [-0.05, 0) is 11.8 Å². The lowest BCUT2D eigenvalue weighted by atomic mass is 9.85. The molecule has 0 aliphatic carbocycles. The monoisotopic (exact) mass is 168 g/mol. The lowest BCUT2D eigenvalue weighted by Crippen LogP contribution is -2.45. The van der Waals surface area contributed by atoms with E-state index in [1.54, 1.807) is 0 Å². The minimum absolute atomic E-state index is 0.304. The quantitative estimate of drug-likeness (QED) is 0.547. The number of ether oxygens (including phenoxy) is 2. The van der Waals surface area contributed by atoms with E-state index in [4.69, 9.17) is 16.0 Å². The fourth-order valence-electron chi connectivity index (χ4n) is 2.16. The van der Waals surface area contributed by atoms with Gasteiger partial charge < -0.3 is 9.47 Å². The molecular formula is C9H14NO2+. The van der Waals surface area contributed by atoms with Crippen molar-refractivity contribution in [2.24, 2.45) is 5.92 Å². The van der Waals surface area contributed by atoms with Crippen molar-refractivity contribution in [1.82, 2.24) is 0 Å². The molecule has 0 bridgehead atoms. The number of hydrogen-bond donors (Lipinski definition) is 0. The van der Waals surface area contributed by atoms with Crippen molar-refractivity contribution in [2.75, 3.05) is 13.2 Å². The normalized spacial score (nSPS) is 51.9. The average molecular weight is 168 g/mol. The van der Waals surface area contributed by atoms with Gasteiger partial charge in [0.1, 0.15) is 0 Å². The first kappa shape index (κ1) is 8.03. The van der Waals surface area contributed by atoms with Crippen LogP contribution in [0.1, 0.15) is 20.3 Å². The van der Waals surface area contributed by atoms with Crippen molar-refractivity contribution in [3.8, 4) is 6.57 Å². The Labute approximate surface area is 72.5 Å². The molecule has 2 rings (SSSR count). The molecule has 2 aliphatic rings. The lowest BCUT2D eigenvalue weighted by molar-refractivity contribution is -0.0590. The molecule has 66 valence electrons. The van der Waals surface area contributed by atoms with Gasteiger partial charge in [-0.2, -0.15) is 0 Å². The molecule has 3 atom stereocenters. The zero-order chi connectivity index (χ0) is 8.82. The fourth-order valence-corrected chi connectivity index (χ4v) is 2.16. The molecular weight excluding hydrogens is 154 g/mol. The molecule has 0 radical (unpaired) electrons. The minimum Gasteiger partial charge on any atom is -0.363 e. The van der Waals surface area contributed by atoms with E-state index in [-0.39, 0.29) is 5.60 Å².